The number of hydrogen-bond donors (Lipinski definition) is 1. The molecule has 1 aromatic carbocycles. The van der Waals surface area contributed by atoms with Crippen LogP contribution in [0, 0.1) is 0 Å². The molecule has 1 heterocycles. The molecule has 2 N–H and O–H groups in total. The van der Waals surface area contributed by atoms with E-state index in [9.17, 15) is 0 Å². The number of benzene rings is 1. The Morgan fingerprint density at radius 2 is 2.00 bits per heavy atom. The zero-order chi connectivity index (χ0) is 10.8. The first kappa shape index (κ1) is 11.0. The molecule has 0 aliphatic rings. The molecule has 2 rings (SSSR count). The van der Waals surface area contributed by atoms with Gasteiger partial charge in [0.2, 0.25) is 0 Å². The molecule has 4 heteroatoms. The Morgan fingerprint density at radius 3 is 2.67 bits per heavy atom. The van der Waals surface area contributed by atoms with Crippen molar-refractivity contribution in [1.82, 2.24) is 0 Å². The first-order valence-electron chi connectivity index (χ1n) is 4.41. The highest BCUT2D eigenvalue weighted by atomic mass is 35.5. The standard InChI is InChI=1S/C11H9Cl2NS/c12-9-3-1-2-8(10(9)13)11(14)7-4-5-15-6-7/h1-6,11H,14H2/t11-/m1/s1. The minimum Gasteiger partial charge on any atom is -0.320 e. The quantitative estimate of drug-likeness (QED) is 0.862. The molecule has 1 atom stereocenters. The maximum atomic E-state index is 6.10. The highest BCUT2D eigenvalue weighted by Crippen LogP contribution is 2.32. The molecule has 0 spiro atoms. The number of halogens is 2. The molecule has 0 saturated heterocycles. The van der Waals surface area contributed by atoms with Gasteiger partial charge < -0.3 is 5.73 Å². The van der Waals surface area contributed by atoms with Crippen LogP contribution in [-0.4, -0.2) is 0 Å². The molecule has 0 bridgehead atoms. The zero-order valence-corrected chi connectivity index (χ0v) is 10.1. The molecule has 2 aromatic rings. The molecule has 0 aliphatic carbocycles. The lowest BCUT2D eigenvalue weighted by Gasteiger charge is -2.12. The largest absolute Gasteiger partial charge is 0.320 e. The minimum atomic E-state index is -0.206. The van der Waals surface area contributed by atoms with Crippen LogP contribution in [0.15, 0.2) is 35.0 Å². The van der Waals surface area contributed by atoms with Gasteiger partial charge in [-0.2, -0.15) is 11.3 Å². The average Bonchev–Trinajstić information content (AvgIpc) is 2.74. The summed E-state index contributed by atoms with van der Waals surface area (Å²) in [5.41, 5.74) is 8.02. The number of rotatable bonds is 2. The van der Waals surface area contributed by atoms with Gasteiger partial charge in [0.05, 0.1) is 16.1 Å². The van der Waals surface area contributed by atoms with E-state index in [-0.39, 0.29) is 6.04 Å². The molecule has 1 nitrogen and oxygen atoms in total. The van der Waals surface area contributed by atoms with E-state index in [2.05, 4.69) is 0 Å². The van der Waals surface area contributed by atoms with Crippen LogP contribution in [0.3, 0.4) is 0 Å². The van der Waals surface area contributed by atoms with Gasteiger partial charge in [-0.1, -0.05) is 35.3 Å². The molecular formula is C11H9Cl2NS. The van der Waals surface area contributed by atoms with E-state index >= 15 is 0 Å². The molecule has 0 amide bonds. The van der Waals surface area contributed by atoms with Gasteiger partial charge in [-0.3, -0.25) is 0 Å². The fourth-order valence-corrected chi connectivity index (χ4v) is 2.51. The van der Waals surface area contributed by atoms with Gasteiger partial charge in [0.15, 0.2) is 0 Å². The molecule has 0 unspecified atom stereocenters. The van der Waals surface area contributed by atoms with E-state index in [1.54, 1.807) is 17.4 Å². The Balaban J connectivity index is 2.42. The molecule has 15 heavy (non-hydrogen) atoms. The van der Waals surface area contributed by atoms with E-state index in [1.807, 2.05) is 29.0 Å². The van der Waals surface area contributed by atoms with Gasteiger partial charge in [0, 0.05) is 0 Å². The fourth-order valence-electron chi connectivity index (χ4n) is 1.39. The van der Waals surface area contributed by atoms with Crippen molar-refractivity contribution < 1.29 is 0 Å². The highest BCUT2D eigenvalue weighted by molar-refractivity contribution is 7.08. The van der Waals surface area contributed by atoms with E-state index in [0.29, 0.717) is 10.0 Å². The molecular weight excluding hydrogens is 249 g/mol. The first-order chi connectivity index (χ1) is 7.20. The summed E-state index contributed by atoms with van der Waals surface area (Å²) in [6, 6.07) is 7.30. The molecule has 0 aliphatic heterocycles. The summed E-state index contributed by atoms with van der Waals surface area (Å²) in [5.74, 6) is 0. The van der Waals surface area contributed by atoms with Crippen molar-refractivity contribution in [2.24, 2.45) is 5.73 Å². The molecule has 1 aromatic heterocycles. The summed E-state index contributed by atoms with van der Waals surface area (Å²) in [6.45, 7) is 0. The minimum absolute atomic E-state index is 0.206. The number of thiophene rings is 1. The van der Waals surface area contributed by atoms with E-state index in [1.165, 1.54) is 0 Å². The summed E-state index contributed by atoms with van der Waals surface area (Å²) in [6.07, 6.45) is 0. The first-order valence-corrected chi connectivity index (χ1v) is 6.11. The predicted octanol–water partition coefficient (Wildman–Crippen LogP) is 4.10. The van der Waals surface area contributed by atoms with Gasteiger partial charge in [0.25, 0.3) is 0 Å². The number of nitrogens with two attached hydrogens (primary N) is 1. The van der Waals surface area contributed by atoms with Crippen molar-refractivity contribution in [3.05, 3.63) is 56.2 Å². The van der Waals surface area contributed by atoms with Gasteiger partial charge in [0.1, 0.15) is 0 Å². The Morgan fingerprint density at radius 1 is 1.20 bits per heavy atom. The van der Waals surface area contributed by atoms with Crippen LogP contribution in [0.1, 0.15) is 17.2 Å². The smallest absolute Gasteiger partial charge is 0.0643 e. The monoisotopic (exact) mass is 257 g/mol. The van der Waals surface area contributed by atoms with Crippen LogP contribution in [0.25, 0.3) is 0 Å². The lowest BCUT2D eigenvalue weighted by atomic mass is 10.0. The van der Waals surface area contributed by atoms with Crippen LogP contribution < -0.4 is 5.73 Å². The fraction of sp³-hybridized carbons (Fsp3) is 0.0909. The van der Waals surface area contributed by atoms with Gasteiger partial charge in [-0.05, 0) is 34.0 Å². The SMILES string of the molecule is N[C@H](c1ccsc1)c1cccc(Cl)c1Cl. The lowest BCUT2D eigenvalue weighted by molar-refractivity contribution is 0.877. The lowest BCUT2D eigenvalue weighted by Crippen LogP contribution is -2.11. The summed E-state index contributed by atoms with van der Waals surface area (Å²) in [4.78, 5) is 0. The summed E-state index contributed by atoms with van der Waals surface area (Å²) in [7, 11) is 0. The van der Waals surface area contributed by atoms with Crippen molar-refractivity contribution in [2.45, 2.75) is 6.04 Å². The summed E-state index contributed by atoms with van der Waals surface area (Å²) < 4.78 is 0. The van der Waals surface area contributed by atoms with Crippen LogP contribution >= 0.6 is 34.5 Å². The van der Waals surface area contributed by atoms with Crippen molar-refractivity contribution in [3.8, 4) is 0 Å². The highest BCUT2D eigenvalue weighted by Gasteiger charge is 2.14. The van der Waals surface area contributed by atoms with E-state index < -0.39 is 0 Å². The normalized spacial score (nSPS) is 12.7. The maximum absolute atomic E-state index is 6.10. The maximum Gasteiger partial charge on any atom is 0.0643 e. The van der Waals surface area contributed by atoms with Crippen molar-refractivity contribution >= 4 is 34.5 Å². The van der Waals surface area contributed by atoms with Crippen LogP contribution in [0.4, 0.5) is 0 Å². The van der Waals surface area contributed by atoms with Gasteiger partial charge >= 0.3 is 0 Å². The Bertz CT molecular complexity index is 454. The average molecular weight is 258 g/mol. The molecule has 0 saturated carbocycles. The second-order valence-corrected chi connectivity index (χ2v) is 4.74. The molecule has 0 fully saturated rings. The topological polar surface area (TPSA) is 26.0 Å². The molecule has 0 radical (unpaired) electrons. The Hall–Kier alpha value is -0.540. The Labute approximate surface area is 102 Å². The van der Waals surface area contributed by atoms with Crippen LogP contribution in [-0.2, 0) is 0 Å². The third-order valence-electron chi connectivity index (χ3n) is 2.22. The van der Waals surface area contributed by atoms with E-state index in [0.717, 1.165) is 11.1 Å². The third-order valence-corrected chi connectivity index (χ3v) is 3.75. The Kier molecular flexibility index (Phi) is 3.32. The van der Waals surface area contributed by atoms with Crippen molar-refractivity contribution in [3.63, 3.8) is 0 Å². The van der Waals surface area contributed by atoms with Crippen molar-refractivity contribution in [2.75, 3.05) is 0 Å². The second-order valence-electron chi connectivity index (χ2n) is 3.18. The van der Waals surface area contributed by atoms with Crippen LogP contribution in [0.2, 0.25) is 10.0 Å². The number of hydrogen-bond acceptors (Lipinski definition) is 2. The third kappa shape index (κ3) is 2.18. The van der Waals surface area contributed by atoms with E-state index in [4.69, 9.17) is 28.9 Å². The molecule has 78 valence electrons. The predicted molar refractivity (Wildman–Crippen MR) is 66.8 cm³/mol. The van der Waals surface area contributed by atoms with Crippen LogP contribution in [0.5, 0.6) is 0 Å². The summed E-state index contributed by atoms with van der Waals surface area (Å²) in [5, 5.41) is 5.09. The second kappa shape index (κ2) is 4.54. The zero-order valence-electron chi connectivity index (χ0n) is 7.78. The summed E-state index contributed by atoms with van der Waals surface area (Å²) >= 11 is 13.6. The van der Waals surface area contributed by atoms with Gasteiger partial charge in [-0.25, -0.2) is 0 Å². The van der Waals surface area contributed by atoms with Crippen molar-refractivity contribution in [1.29, 1.82) is 0 Å². The van der Waals surface area contributed by atoms with Gasteiger partial charge in [-0.15, -0.1) is 0 Å².